The van der Waals surface area contributed by atoms with Gasteiger partial charge in [-0.3, -0.25) is 0 Å². The second-order valence-electron chi connectivity index (χ2n) is 7.26. The van der Waals surface area contributed by atoms with Crippen LogP contribution in [0.2, 0.25) is 0 Å². The van der Waals surface area contributed by atoms with E-state index in [4.69, 9.17) is 4.74 Å². The molecule has 3 rings (SSSR count). The first-order valence-electron chi connectivity index (χ1n) is 9.18. The van der Waals surface area contributed by atoms with Crippen LogP contribution in [0.5, 0.6) is 0 Å². The van der Waals surface area contributed by atoms with Gasteiger partial charge in [0.05, 0.1) is 19.0 Å². The number of sulfonamides is 1. The molecule has 1 saturated heterocycles. The van der Waals surface area contributed by atoms with Gasteiger partial charge in [0.2, 0.25) is 10.0 Å². The molecule has 2 fully saturated rings. The number of ether oxygens (including phenoxy) is 1. The zero-order valence-electron chi connectivity index (χ0n) is 14.6. The fourth-order valence-electron chi connectivity index (χ4n) is 3.99. The van der Waals surface area contributed by atoms with Crippen LogP contribution in [0.1, 0.15) is 49.7 Å². The third-order valence-corrected chi connectivity index (χ3v) is 7.30. The topological polar surface area (TPSA) is 46.6 Å². The summed E-state index contributed by atoms with van der Waals surface area (Å²) >= 11 is 0. The molecule has 1 atom stereocenters. The maximum absolute atomic E-state index is 12.8. The maximum Gasteiger partial charge on any atom is 0.217 e. The summed E-state index contributed by atoms with van der Waals surface area (Å²) < 4.78 is 33.0. The Kier molecular flexibility index (Phi) is 5.95. The Morgan fingerprint density at radius 1 is 1.17 bits per heavy atom. The number of benzene rings is 1. The highest BCUT2D eigenvalue weighted by atomic mass is 32.2. The van der Waals surface area contributed by atoms with Crippen molar-refractivity contribution in [3.8, 4) is 0 Å². The number of hydrogen-bond donors (Lipinski definition) is 0. The predicted octanol–water partition coefficient (Wildman–Crippen LogP) is 3.50. The smallest absolute Gasteiger partial charge is 0.217 e. The van der Waals surface area contributed by atoms with E-state index in [0.717, 1.165) is 17.5 Å². The molecule has 1 aliphatic carbocycles. The van der Waals surface area contributed by atoms with Gasteiger partial charge in [-0.15, -0.1) is 0 Å². The SMILES string of the molecule is Cc1ccccc1CN1[C@@H](CC2CCCCC2)COCCS1(=O)=O. The van der Waals surface area contributed by atoms with E-state index in [2.05, 4.69) is 0 Å². The molecule has 5 heteroatoms. The van der Waals surface area contributed by atoms with Crippen LogP contribution in [0.3, 0.4) is 0 Å². The summed E-state index contributed by atoms with van der Waals surface area (Å²) in [7, 11) is -3.27. The zero-order valence-corrected chi connectivity index (χ0v) is 15.4. The van der Waals surface area contributed by atoms with Crippen molar-refractivity contribution in [2.24, 2.45) is 5.92 Å². The van der Waals surface area contributed by atoms with Gasteiger partial charge >= 0.3 is 0 Å². The average molecular weight is 352 g/mol. The molecule has 0 bridgehead atoms. The molecule has 4 nitrogen and oxygen atoms in total. The number of nitrogens with zero attached hydrogens (tertiary/aromatic N) is 1. The van der Waals surface area contributed by atoms with Crippen LogP contribution in [-0.2, 0) is 21.3 Å². The van der Waals surface area contributed by atoms with Crippen LogP contribution in [0.4, 0.5) is 0 Å². The van der Waals surface area contributed by atoms with Gasteiger partial charge in [-0.2, -0.15) is 4.31 Å². The van der Waals surface area contributed by atoms with Crippen molar-refractivity contribution in [3.05, 3.63) is 35.4 Å². The molecule has 1 aromatic carbocycles. The van der Waals surface area contributed by atoms with Gasteiger partial charge < -0.3 is 4.74 Å². The minimum absolute atomic E-state index is 0.0276. The zero-order chi connectivity index (χ0) is 17.0. The lowest BCUT2D eigenvalue weighted by Gasteiger charge is -2.32. The molecular weight excluding hydrogens is 322 g/mol. The van der Waals surface area contributed by atoms with Gasteiger partial charge in [0.25, 0.3) is 0 Å². The van der Waals surface area contributed by atoms with Crippen molar-refractivity contribution in [1.82, 2.24) is 4.31 Å². The summed E-state index contributed by atoms with van der Waals surface area (Å²) in [5.41, 5.74) is 2.24. The average Bonchev–Trinajstić information content (AvgIpc) is 2.70. The summed E-state index contributed by atoms with van der Waals surface area (Å²) in [6, 6.07) is 8.04. The first-order valence-corrected chi connectivity index (χ1v) is 10.8. The first-order chi connectivity index (χ1) is 11.6. The molecule has 0 spiro atoms. The summed E-state index contributed by atoms with van der Waals surface area (Å²) in [6.07, 6.45) is 7.28. The van der Waals surface area contributed by atoms with Crippen molar-refractivity contribution in [1.29, 1.82) is 0 Å². The largest absolute Gasteiger partial charge is 0.379 e. The van der Waals surface area contributed by atoms with Crippen molar-refractivity contribution < 1.29 is 13.2 Å². The molecule has 24 heavy (non-hydrogen) atoms. The van der Waals surface area contributed by atoms with Gasteiger partial charge in [-0.05, 0) is 30.4 Å². The predicted molar refractivity (Wildman–Crippen MR) is 96.3 cm³/mol. The fraction of sp³-hybridized carbons (Fsp3) is 0.684. The number of hydrogen-bond acceptors (Lipinski definition) is 3. The quantitative estimate of drug-likeness (QED) is 0.834. The van der Waals surface area contributed by atoms with Gasteiger partial charge in [0.15, 0.2) is 0 Å². The second-order valence-corrected chi connectivity index (χ2v) is 9.30. The molecule has 0 aromatic heterocycles. The van der Waals surface area contributed by atoms with E-state index in [1.54, 1.807) is 4.31 Å². The van der Waals surface area contributed by atoms with Crippen LogP contribution >= 0.6 is 0 Å². The number of aryl methyl sites for hydroxylation is 1. The molecule has 0 amide bonds. The van der Waals surface area contributed by atoms with E-state index in [0.29, 0.717) is 25.7 Å². The molecule has 1 aliphatic heterocycles. The van der Waals surface area contributed by atoms with Crippen molar-refractivity contribution in [2.75, 3.05) is 19.0 Å². The molecule has 1 saturated carbocycles. The summed E-state index contributed by atoms with van der Waals surface area (Å²) in [5.74, 6) is 0.736. The molecular formula is C19H29NO3S. The summed E-state index contributed by atoms with van der Waals surface area (Å²) in [6.45, 7) is 3.36. The lowest BCUT2D eigenvalue weighted by Crippen LogP contribution is -2.42. The minimum Gasteiger partial charge on any atom is -0.379 e. The third-order valence-electron chi connectivity index (χ3n) is 5.48. The number of rotatable bonds is 4. The Labute approximate surface area is 146 Å². The highest BCUT2D eigenvalue weighted by Crippen LogP contribution is 2.31. The highest BCUT2D eigenvalue weighted by molar-refractivity contribution is 7.89. The van der Waals surface area contributed by atoms with Crippen LogP contribution in [0.15, 0.2) is 24.3 Å². The Balaban J connectivity index is 1.81. The van der Waals surface area contributed by atoms with E-state index in [1.807, 2.05) is 31.2 Å². The lowest BCUT2D eigenvalue weighted by molar-refractivity contribution is 0.0938. The molecule has 1 aromatic rings. The van der Waals surface area contributed by atoms with Gasteiger partial charge in [0, 0.05) is 12.6 Å². The molecule has 1 heterocycles. The van der Waals surface area contributed by atoms with Crippen LogP contribution in [-0.4, -0.2) is 37.7 Å². The Bertz CT molecular complexity index is 638. The summed E-state index contributed by atoms with van der Waals surface area (Å²) in [4.78, 5) is 0. The molecule has 0 N–H and O–H groups in total. The Hall–Kier alpha value is -0.910. The lowest BCUT2D eigenvalue weighted by atomic mass is 9.85. The van der Waals surface area contributed by atoms with E-state index >= 15 is 0 Å². The molecule has 0 radical (unpaired) electrons. The maximum atomic E-state index is 12.8. The molecule has 2 aliphatic rings. The van der Waals surface area contributed by atoms with Crippen molar-refractivity contribution in [2.45, 2.75) is 58.0 Å². The molecule has 134 valence electrons. The van der Waals surface area contributed by atoms with Gasteiger partial charge in [0.1, 0.15) is 0 Å². The highest BCUT2D eigenvalue weighted by Gasteiger charge is 2.34. The van der Waals surface area contributed by atoms with E-state index in [-0.39, 0.29) is 11.8 Å². The Morgan fingerprint density at radius 2 is 1.92 bits per heavy atom. The molecule has 0 unspecified atom stereocenters. The van der Waals surface area contributed by atoms with Crippen LogP contribution in [0, 0.1) is 12.8 Å². The van der Waals surface area contributed by atoms with Gasteiger partial charge in [-0.25, -0.2) is 8.42 Å². The monoisotopic (exact) mass is 351 g/mol. The minimum atomic E-state index is -3.27. The van der Waals surface area contributed by atoms with Crippen molar-refractivity contribution >= 4 is 10.0 Å². The van der Waals surface area contributed by atoms with Crippen LogP contribution in [0.25, 0.3) is 0 Å². The third kappa shape index (κ3) is 4.38. The Morgan fingerprint density at radius 3 is 2.67 bits per heavy atom. The normalized spacial score (nSPS) is 26.1. The standard InChI is InChI=1S/C19H29NO3S/c1-16-7-5-6-10-18(16)14-20-19(13-17-8-3-2-4-9-17)15-23-11-12-24(20,21)22/h5-7,10,17,19H,2-4,8-9,11-15H2,1H3/t19-/m0/s1. The van der Waals surface area contributed by atoms with Crippen molar-refractivity contribution in [3.63, 3.8) is 0 Å². The van der Waals surface area contributed by atoms with E-state index in [9.17, 15) is 8.42 Å². The fourth-order valence-corrected chi connectivity index (χ4v) is 5.49. The summed E-state index contributed by atoms with van der Waals surface area (Å²) in [5, 5.41) is 0. The van der Waals surface area contributed by atoms with E-state index in [1.165, 1.54) is 32.1 Å². The van der Waals surface area contributed by atoms with E-state index < -0.39 is 10.0 Å². The second kappa shape index (κ2) is 7.98. The first kappa shape index (κ1) is 17.9. The van der Waals surface area contributed by atoms with Gasteiger partial charge in [-0.1, -0.05) is 56.4 Å². The van der Waals surface area contributed by atoms with Crippen LogP contribution < -0.4 is 0 Å².